The normalized spacial score (nSPS) is 14.4. The van der Waals surface area contributed by atoms with Crippen molar-refractivity contribution in [1.29, 1.82) is 0 Å². The maximum absolute atomic E-state index is 5.48. The monoisotopic (exact) mass is 374 g/mol. The highest BCUT2D eigenvalue weighted by Gasteiger charge is 2.32. The van der Waals surface area contributed by atoms with Gasteiger partial charge in [0.15, 0.2) is 0 Å². The standard InChI is InChI=1S/C24H26N2O2/c1-27-22-15-19(16-23(18-22)28-2)17-24-25(20-9-5-3-6-10-20)13-14-26(24)21-11-7-4-8-12-21/h3-12,15-16,18,24H,13-14,17H2,1-2H3. The van der Waals surface area contributed by atoms with E-state index >= 15 is 0 Å². The maximum atomic E-state index is 5.48. The SMILES string of the molecule is COc1cc(CC2N(c3ccccc3)CCN2c2ccccc2)cc(OC)c1. The summed E-state index contributed by atoms with van der Waals surface area (Å²) < 4.78 is 11.0. The third kappa shape index (κ3) is 3.77. The van der Waals surface area contributed by atoms with Crippen molar-refractivity contribution in [3.8, 4) is 11.5 Å². The van der Waals surface area contributed by atoms with Gasteiger partial charge in [0.25, 0.3) is 0 Å². The van der Waals surface area contributed by atoms with Crippen molar-refractivity contribution >= 4 is 11.4 Å². The van der Waals surface area contributed by atoms with E-state index in [2.05, 4.69) is 82.6 Å². The molecule has 1 heterocycles. The average Bonchev–Trinajstić information content (AvgIpc) is 3.18. The van der Waals surface area contributed by atoms with Gasteiger partial charge in [-0.1, -0.05) is 36.4 Å². The predicted octanol–water partition coefficient (Wildman–Crippen LogP) is 4.60. The molecule has 1 saturated heterocycles. The molecule has 4 rings (SSSR count). The van der Waals surface area contributed by atoms with E-state index in [9.17, 15) is 0 Å². The molecule has 4 heteroatoms. The summed E-state index contributed by atoms with van der Waals surface area (Å²) in [5.74, 6) is 1.65. The van der Waals surface area contributed by atoms with E-state index in [1.807, 2.05) is 6.07 Å². The molecule has 0 radical (unpaired) electrons. The number of para-hydroxylation sites is 2. The second kappa shape index (κ2) is 8.26. The zero-order chi connectivity index (χ0) is 19.3. The van der Waals surface area contributed by atoms with Crippen LogP contribution >= 0.6 is 0 Å². The van der Waals surface area contributed by atoms with Crippen LogP contribution in [0.25, 0.3) is 0 Å². The Hall–Kier alpha value is -3.14. The van der Waals surface area contributed by atoms with Crippen molar-refractivity contribution in [3.05, 3.63) is 84.4 Å². The van der Waals surface area contributed by atoms with Gasteiger partial charge >= 0.3 is 0 Å². The second-order valence-electron chi connectivity index (χ2n) is 6.96. The van der Waals surface area contributed by atoms with Crippen LogP contribution in [0.5, 0.6) is 11.5 Å². The van der Waals surface area contributed by atoms with Gasteiger partial charge in [-0.2, -0.15) is 0 Å². The summed E-state index contributed by atoms with van der Waals surface area (Å²) in [7, 11) is 3.39. The lowest BCUT2D eigenvalue weighted by Crippen LogP contribution is -2.40. The van der Waals surface area contributed by atoms with E-state index in [1.54, 1.807) is 14.2 Å². The Balaban J connectivity index is 1.69. The van der Waals surface area contributed by atoms with E-state index in [-0.39, 0.29) is 6.17 Å². The molecule has 0 bridgehead atoms. The molecular weight excluding hydrogens is 348 g/mol. The van der Waals surface area contributed by atoms with Crippen molar-refractivity contribution in [3.63, 3.8) is 0 Å². The number of benzene rings is 3. The van der Waals surface area contributed by atoms with Crippen LogP contribution in [-0.2, 0) is 6.42 Å². The van der Waals surface area contributed by atoms with Crippen LogP contribution in [0.15, 0.2) is 78.9 Å². The Kier molecular flexibility index (Phi) is 5.38. The fourth-order valence-electron chi connectivity index (χ4n) is 3.94. The molecule has 1 fully saturated rings. The van der Waals surface area contributed by atoms with Crippen LogP contribution in [-0.4, -0.2) is 33.5 Å². The first-order chi connectivity index (χ1) is 13.8. The molecular formula is C24H26N2O2. The van der Waals surface area contributed by atoms with Gasteiger partial charge in [0.1, 0.15) is 17.7 Å². The topological polar surface area (TPSA) is 24.9 Å². The minimum absolute atomic E-state index is 0.224. The fourth-order valence-corrected chi connectivity index (χ4v) is 3.94. The highest BCUT2D eigenvalue weighted by molar-refractivity contribution is 5.57. The molecule has 1 aliphatic heterocycles. The van der Waals surface area contributed by atoms with E-state index < -0.39 is 0 Å². The predicted molar refractivity (Wildman–Crippen MR) is 115 cm³/mol. The maximum Gasteiger partial charge on any atom is 0.122 e. The van der Waals surface area contributed by atoms with Gasteiger partial charge in [-0.05, 0) is 42.0 Å². The van der Waals surface area contributed by atoms with Crippen LogP contribution in [0, 0.1) is 0 Å². The van der Waals surface area contributed by atoms with Gasteiger partial charge < -0.3 is 19.3 Å². The summed E-state index contributed by atoms with van der Waals surface area (Å²) in [4.78, 5) is 4.97. The van der Waals surface area contributed by atoms with Crippen LogP contribution in [0.3, 0.4) is 0 Å². The van der Waals surface area contributed by atoms with Crippen molar-refractivity contribution in [2.75, 3.05) is 37.1 Å². The molecule has 0 saturated carbocycles. The third-order valence-electron chi connectivity index (χ3n) is 5.31. The minimum atomic E-state index is 0.224. The molecule has 0 unspecified atom stereocenters. The van der Waals surface area contributed by atoms with Gasteiger partial charge in [-0.3, -0.25) is 0 Å². The number of hydrogen-bond acceptors (Lipinski definition) is 4. The molecule has 144 valence electrons. The fraction of sp³-hybridized carbons (Fsp3) is 0.250. The summed E-state index contributed by atoms with van der Waals surface area (Å²) >= 11 is 0. The zero-order valence-electron chi connectivity index (χ0n) is 16.4. The number of methoxy groups -OCH3 is 2. The number of anilines is 2. The summed E-state index contributed by atoms with van der Waals surface area (Å²) in [6.45, 7) is 1.98. The van der Waals surface area contributed by atoms with Crippen LogP contribution in [0.2, 0.25) is 0 Å². The molecule has 4 nitrogen and oxygen atoms in total. The van der Waals surface area contributed by atoms with Crippen molar-refractivity contribution in [1.82, 2.24) is 0 Å². The molecule has 0 aliphatic carbocycles. The van der Waals surface area contributed by atoms with Crippen LogP contribution < -0.4 is 19.3 Å². The number of rotatable bonds is 6. The highest BCUT2D eigenvalue weighted by Crippen LogP contribution is 2.32. The first kappa shape index (κ1) is 18.2. The van der Waals surface area contributed by atoms with Crippen molar-refractivity contribution in [2.45, 2.75) is 12.6 Å². The van der Waals surface area contributed by atoms with Gasteiger partial charge in [-0.15, -0.1) is 0 Å². The van der Waals surface area contributed by atoms with Gasteiger partial charge in [0.2, 0.25) is 0 Å². The zero-order valence-corrected chi connectivity index (χ0v) is 16.4. The molecule has 0 N–H and O–H groups in total. The smallest absolute Gasteiger partial charge is 0.122 e. The third-order valence-corrected chi connectivity index (χ3v) is 5.31. The van der Waals surface area contributed by atoms with Crippen molar-refractivity contribution < 1.29 is 9.47 Å². The largest absolute Gasteiger partial charge is 0.497 e. The van der Waals surface area contributed by atoms with Gasteiger partial charge in [0, 0.05) is 37.0 Å². The summed E-state index contributed by atoms with van der Waals surface area (Å²) in [5, 5.41) is 0. The summed E-state index contributed by atoms with van der Waals surface area (Å²) in [5.41, 5.74) is 3.70. The number of ether oxygens (including phenoxy) is 2. The molecule has 28 heavy (non-hydrogen) atoms. The lowest BCUT2D eigenvalue weighted by molar-refractivity contribution is 0.393. The first-order valence-corrected chi connectivity index (χ1v) is 9.64. The quantitative estimate of drug-likeness (QED) is 0.630. The summed E-state index contributed by atoms with van der Waals surface area (Å²) in [6.07, 6.45) is 1.10. The number of hydrogen-bond donors (Lipinski definition) is 0. The van der Waals surface area contributed by atoms with Gasteiger partial charge in [0.05, 0.1) is 14.2 Å². The summed E-state index contributed by atoms with van der Waals surface area (Å²) in [6, 6.07) is 27.4. The van der Waals surface area contributed by atoms with Crippen molar-refractivity contribution in [2.24, 2.45) is 0 Å². The Morgan fingerprint density at radius 3 is 1.61 bits per heavy atom. The van der Waals surface area contributed by atoms with Crippen LogP contribution in [0.4, 0.5) is 11.4 Å². The van der Waals surface area contributed by atoms with E-state index in [0.29, 0.717) is 0 Å². The Labute approximate surface area is 166 Å². The molecule has 0 atom stereocenters. The lowest BCUT2D eigenvalue weighted by atomic mass is 10.1. The first-order valence-electron chi connectivity index (χ1n) is 9.64. The molecule has 3 aromatic rings. The molecule has 0 aromatic heterocycles. The van der Waals surface area contributed by atoms with E-state index in [1.165, 1.54) is 16.9 Å². The van der Waals surface area contributed by atoms with E-state index in [0.717, 1.165) is 31.0 Å². The Bertz CT molecular complexity index is 829. The second-order valence-corrected chi connectivity index (χ2v) is 6.96. The molecule has 3 aromatic carbocycles. The molecule has 0 amide bonds. The number of nitrogens with zero attached hydrogens (tertiary/aromatic N) is 2. The minimum Gasteiger partial charge on any atom is -0.497 e. The van der Waals surface area contributed by atoms with Crippen LogP contribution in [0.1, 0.15) is 5.56 Å². The lowest BCUT2D eigenvalue weighted by Gasteiger charge is -2.33. The average molecular weight is 374 g/mol. The van der Waals surface area contributed by atoms with E-state index in [4.69, 9.17) is 9.47 Å². The Morgan fingerprint density at radius 2 is 1.18 bits per heavy atom. The highest BCUT2D eigenvalue weighted by atomic mass is 16.5. The molecule has 0 spiro atoms. The molecule has 1 aliphatic rings. The Morgan fingerprint density at radius 1 is 0.714 bits per heavy atom. The van der Waals surface area contributed by atoms with Gasteiger partial charge in [-0.25, -0.2) is 0 Å².